The Morgan fingerprint density at radius 1 is 1.24 bits per heavy atom. The number of nitrogens with zero attached hydrogens (tertiary/aromatic N) is 1. The van der Waals surface area contributed by atoms with Crippen LogP contribution in [-0.2, 0) is 6.54 Å². The number of methoxy groups -OCH3 is 1. The van der Waals surface area contributed by atoms with Gasteiger partial charge in [0, 0.05) is 11.9 Å². The molecule has 0 radical (unpaired) electrons. The Morgan fingerprint density at radius 3 is 2.68 bits per heavy atom. The van der Waals surface area contributed by atoms with E-state index in [1.807, 2.05) is 30.3 Å². The van der Waals surface area contributed by atoms with Crippen LogP contribution in [0.25, 0.3) is 0 Å². The van der Waals surface area contributed by atoms with E-state index in [0.29, 0.717) is 23.0 Å². The lowest BCUT2D eigenvalue weighted by molar-refractivity contribution is 0.101. The molecule has 1 heterocycles. The van der Waals surface area contributed by atoms with E-state index in [-0.39, 0.29) is 11.4 Å². The second-order valence-corrected chi connectivity index (χ2v) is 5.76. The molecule has 7 heteroatoms. The molecule has 0 aliphatic heterocycles. The highest BCUT2D eigenvalue weighted by atomic mass is 35.5. The van der Waals surface area contributed by atoms with Crippen LogP contribution in [0.1, 0.15) is 16.1 Å². The van der Waals surface area contributed by atoms with Crippen molar-refractivity contribution < 1.29 is 9.53 Å². The summed E-state index contributed by atoms with van der Waals surface area (Å²) in [4.78, 5) is 27.1. The summed E-state index contributed by atoms with van der Waals surface area (Å²) < 4.78 is 6.47. The van der Waals surface area contributed by atoms with Gasteiger partial charge in [0.05, 0.1) is 18.7 Å². The van der Waals surface area contributed by atoms with Gasteiger partial charge in [-0.25, -0.2) is 4.79 Å². The van der Waals surface area contributed by atoms with Gasteiger partial charge in [-0.3, -0.25) is 9.36 Å². The second-order valence-electron chi connectivity index (χ2n) is 5.35. The summed E-state index contributed by atoms with van der Waals surface area (Å²) in [5.41, 5.74) is 1.32. The van der Waals surface area contributed by atoms with Crippen molar-refractivity contribution in [2.45, 2.75) is 6.54 Å². The molecule has 0 spiro atoms. The smallest absolute Gasteiger partial charge is 0.326 e. The van der Waals surface area contributed by atoms with Crippen molar-refractivity contribution in [3.05, 3.63) is 81.5 Å². The highest BCUT2D eigenvalue weighted by molar-refractivity contribution is 6.32. The molecule has 3 aromatic rings. The van der Waals surface area contributed by atoms with Crippen molar-refractivity contribution in [2.75, 3.05) is 12.4 Å². The molecule has 0 atom stereocenters. The Balaban J connectivity index is 1.83. The molecule has 1 amide bonds. The first-order valence-corrected chi connectivity index (χ1v) is 7.93. The Hall–Kier alpha value is -2.99. The number of aromatic nitrogens is 2. The third kappa shape index (κ3) is 3.75. The van der Waals surface area contributed by atoms with E-state index in [2.05, 4.69) is 10.3 Å². The van der Waals surface area contributed by atoms with Gasteiger partial charge in [-0.05, 0) is 23.8 Å². The minimum atomic E-state index is -0.407. The van der Waals surface area contributed by atoms with Crippen LogP contribution in [0.2, 0.25) is 5.02 Å². The number of hydrogen-bond acceptors (Lipinski definition) is 3. The first-order chi connectivity index (χ1) is 12.1. The van der Waals surface area contributed by atoms with Gasteiger partial charge in [-0.15, -0.1) is 0 Å². The molecule has 25 heavy (non-hydrogen) atoms. The van der Waals surface area contributed by atoms with E-state index in [1.165, 1.54) is 17.9 Å². The quantitative estimate of drug-likeness (QED) is 0.736. The summed E-state index contributed by atoms with van der Waals surface area (Å²) in [7, 11) is 1.52. The number of hydrogen-bond donors (Lipinski definition) is 2. The van der Waals surface area contributed by atoms with Crippen LogP contribution in [0.3, 0.4) is 0 Å². The molecule has 6 nitrogen and oxygen atoms in total. The summed E-state index contributed by atoms with van der Waals surface area (Å²) in [6, 6.07) is 14.4. The number of halogens is 1. The zero-order chi connectivity index (χ0) is 17.8. The van der Waals surface area contributed by atoms with Gasteiger partial charge in [0.15, 0.2) is 0 Å². The second kappa shape index (κ2) is 7.27. The van der Waals surface area contributed by atoms with Crippen LogP contribution in [0, 0.1) is 0 Å². The zero-order valence-electron chi connectivity index (χ0n) is 13.5. The Kier molecular flexibility index (Phi) is 4.90. The molecule has 0 aliphatic carbocycles. The summed E-state index contributed by atoms with van der Waals surface area (Å²) in [6.45, 7) is 0.301. The monoisotopic (exact) mass is 357 g/mol. The lowest BCUT2D eigenvalue weighted by Gasteiger charge is -2.10. The van der Waals surface area contributed by atoms with E-state index < -0.39 is 5.91 Å². The maximum atomic E-state index is 12.5. The van der Waals surface area contributed by atoms with Gasteiger partial charge < -0.3 is 15.0 Å². The third-order valence-electron chi connectivity index (χ3n) is 3.69. The summed E-state index contributed by atoms with van der Waals surface area (Å²) in [5, 5.41) is 3.12. The molecule has 2 aromatic carbocycles. The van der Waals surface area contributed by atoms with Crippen molar-refractivity contribution in [3.8, 4) is 5.75 Å². The summed E-state index contributed by atoms with van der Waals surface area (Å²) in [6.07, 6.45) is 1.39. The maximum absolute atomic E-state index is 12.5. The largest absolute Gasteiger partial charge is 0.495 e. The van der Waals surface area contributed by atoms with Crippen molar-refractivity contribution in [2.24, 2.45) is 0 Å². The molecule has 128 valence electrons. The van der Waals surface area contributed by atoms with Crippen molar-refractivity contribution in [3.63, 3.8) is 0 Å². The average Bonchev–Trinajstić information content (AvgIpc) is 2.97. The SMILES string of the molecule is COc1ccc(NC(=O)c2c[nH]c(=O)n2Cc2ccccc2)cc1Cl. The highest BCUT2D eigenvalue weighted by Gasteiger charge is 2.15. The van der Waals surface area contributed by atoms with Gasteiger partial charge in [-0.2, -0.15) is 0 Å². The predicted octanol–water partition coefficient (Wildman–Crippen LogP) is 3.14. The Morgan fingerprint density at radius 2 is 2.00 bits per heavy atom. The minimum Gasteiger partial charge on any atom is -0.495 e. The molecule has 0 saturated heterocycles. The minimum absolute atomic E-state index is 0.237. The maximum Gasteiger partial charge on any atom is 0.326 e. The number of carbonyl (C=O) groups excluding carboxylic acids is 1. The number of aromatic amines is 1. The van der Waals surface area contributed by atoms with E-state index >= 15 is 0 Å². The molecular formula is C18H16ClN3O3. The normalized spacial score (nSPS) is 10.5. The molecule has 1 aromatic heterocycles. The number of rotatable bonds is 5. The fourth-order valence-corrected chi connectivity index (χ4v) is 2.70. The molecule has 2 N–H and O–H groups in total. The van der Waals surface area contributed by atoms with Gasteiger partial charge in [0.2, 0.25) is 0 Å². The third-order valence-corrected chi connectivity index (χ3v) is 3.99. The lowest BCUT2D eigenvalue weighted by Crippen LogP contribution is -2.24. The Bertz CT molecular complexity index is 948. The first-order valence-electron chi connectivity index (χ1n) is 7.55. The lowest BCUT2D eigenvalue weighted by atomic mass is 10.2. The van der Waals surface area contributed by atoms with Crippen LogP contribution >= 0.6 is 11.6 Å². The number of nitrogens with one attached hydrogen (secondary N) is 2. The van der Waals surface area contributed by atoms with Gasteiger partial charge in [-0.1, -0.05) is 41.9 Å². The highest BCUT2D eigenvalue weighted by Crippen LogP contribution is 2.27. The molecule has 0 aliphatic rings. The van der Waals surface area contributed by atoms with Crippen LogP contribution in [0.4, 0.5) is 5.69 Å². The van der Waals surface area contributed by atoms with Crippen molar-refractivity contribution in [1.29, 1.82) is 0 Å². The number of anilines is 1. The van der Waals surface area contributed by atoms with Crippen molar-refractivity contribution in [1.82, 2.24) is 9.55 Å². The fraction of sp³-hybridized carbons (Fsp3) is 0.111. The summed E-state index contributed by atoms with van der Waals surface area (Å²) >= 11 is 6.06. The van der Waals surface area contributed by atoms with Gasteiger partial charge >= 0.3 is 5.69 Å². The molecule has 0 unspecified atom stereocenters. The van der Waals surface area contributed by atoms with E-state index in [0.717, 1.165) is 5.56 Å². The number of imidazole rings is 1. The van der Waals surface area contributed by atoms with Crippen LogP contribution in [0.5, 0.6) is 5.75 Å². The number of benzene rings is 2. The molecular weight excluding hydrogens is 342 g/mol. The Labute approximate surface area is 149 Å². The average molecular weight is 358 g/mol. The predicted molar refractivity (Wildman–Crippen MR) is 96.6 cm³/mol. The van der Waals surface area contributed by atoms with E-state index in [4.69, 9.17) is 16.3 Å². The zero-order valence-corrected chi connectivity index (χ0v) is 14.2. The first kappa shape index (κ1) is 16.9. The number of H-pyrrole nitrogens is 1. The van der Waals surface area contributed by atoms with Gasteiger partial charge in [0.25, 0.3) is 5.91 Å². The van der Waals surface area contributed by atoms with E-state index in [1.54, 1.807) is 18.2 Å². The number of carbonyl (C=O) groups is 1. The molecule has 0 fully saturated rings. The van der Waals surface area contributed by atoms with Crippen molar-refractivity contribution >= 4 is 23.2 Å². The topological polar surface area (TPSA) is 76.1 Å². The molecule has 0 bridgehead atoms. The summed E-state index contributed by atoms with van der Waals surface area (Å²) in [5.74, 6) is 0.109. The van der Waals surface area contributed by atoms with Crippen LogP contribution in [-0.4, -0.2) is 22.6 Å². The molecule has 0 saturated carbocycles. The standard InChI is InChI=1S/C18H16ClN3O3/c1-25-16-8-7-13(9-14(16)19)21-17(23)15-10-20-18(24)22(15)11-12-5-3-2-4-6-12/h2-10H,11H2,1H3,(H,20,24)(H,21,23). The van der Waals surface area contributed by atoms with Gasteiger partial charge in [0.1, 0.15) is 11.4 Å². The number of amides is 1. The van der Waals surface area contributed by atoms with E-state index in [9.17, 15) is 9.59 Å². The van der Waals surface area contributed by atoms with Crippen LogP contribution in [0.15, 0.2) is 59.5 Å². The molecule has 3 rings (SSSR count). The van der Waals surface area contributed by atoms with Crippen LogP contribution < -0.4 is 15.7 Å². The number of ether oxygens (including phenoxy) is 1. The fourth-order valence-electron chi connectivity index (χ4n) is 2.45.